The third-order valence-corrected chi connectivity index (χ3v) is 2.10. The van der Waals surface area contributed by atoms with E-state index in [0.717, 1.165) is 0 Å². The van der Waals surface area contributed by atoms with Gasteiger partial charge in [0.15, 0.2) is 0 Å². The molecule has 0 saturated heterocycles. The lowest BCUT2D eigenvalue weighted by Crippen LogP contribution is -2.13. The second-order valence-electron chi connectivity index (χ2n) is 3.28. The third-order valence-electron chi connectivity index (χ3n) is 2.10. The van der Waals surface area contributed by atoms with Crippen molar-refractivity contribution in [2.24, 2.45) is 0 Å². The van der Waals surface area contributed by atoms with Gasteiger partial charge in [-0.25, -0.2) is 9.78 Å². The lowest BCUT2D eigenvalue weighted by molar-refractivity contribution is 0.0697. The van der Waals surface area contributed by atoms with Crippen molar-refractivity contribution in [1.29, 1.82) is 0 Å². The number of nitrogens with zero attached hydrogens (tertiary/aromatic N) is 1. The van der Waals surface area contributed by atoms with Crippen LogP contribution in [0.2, 0.25) is 0 Å². The summed E-state index contributed by atoms with van der Waals surface area (Å²) < 4.78 is 0. The summed E-state index contributed by atoms with van der Waals surface area (Å²) in [5.74, 6) is -1.17. The van der Waals surface area contributed by atoms with Gasteiger partial charge < -0.3 is 10.1 Å². The van der Waals surface area contributed by atoms with Crippen molar-refractivity contribution in [2.45, 2.75) is 0 Å². The number of hydrogen-bond donors (Lipinski definition) is 3. The predicted octanol–water partition coefficient (Wildman–Crippen LogP) is 1.36. The van der Waals surface area contributed by atoms with E-state index in [9.17, 15) is 9.59 Å². The number of aromatic carboxylic acids is 1. The number of rotatable bonds is 3. The van der Waals surface area contributed by atoms with Crippen molar-refractivity contribution >= 4 is 17.8 Å². The normalized spacial score (nSPS) is 9.88. The van der Waals surface area contributed by atoms with Gasteiger partial charge in [0.05, 0.1) is 5.56 Å². The fourth-order valence-electron chi connectivity index (χ4n) is 1.31. The Kier molecular flexibility index (Phi) is 2.87. The molecule has 0 fully saturated rings. The van der Waals surface area contributed by atoms with E-state index in [-0.39, 0.29) is 11.1 Å². The number of H-pyrrole nitrogens is 1. The minimum atomic E-state index is -1.07. The van der Waals surface area contributed by atoms with Crippen LogP contribution in [0.4, 0.5) is 5.95 Å². The van der Waals surface area contributed by atoms with Crippen molar-refractivity contribution in [3.05, 3.63) is 47.8 Å². The first-order valence-electron chi connectivity index (χ1n) is 4.81. The van der Waals surface area contributed by atoms with Crippen LogP contribution in [0, 0.1) is 0 Å². The molecule has 1 heterocycles. The minimum absolute atomic E-state index is 0.0668. The molecule has 1 aromatic heterocycles. The second kappa shape index (κ2) is 4.48. The summed E-state index contributed by atoms with van der Waals surface area (Å²) in [6.45, 7) is 0. The highest BCUT2D eigenvalue weighted by Gasteiger charge is 2.10. The van der Waals surface area contributed by atoms with Gasteiger partial charge in [-0.2, -0.15) is 0 Å². The van der Waals surface area contributed by atoms with Gasteiger partial charge in [-0.1, -0.05) is 6.07 Å². The molecule has 86 valence electrons. The Hall–Kier alpha value is -2.63. The van der Waals surface area contributed by atoms with Crippen LogP contribution in [-0.2, 0) is 0 Å². The molecule has 0 aliphatic heterocycles. The van der Waals surface area contributed by atoms with Crippen molar-refractivity contribution in [2.75, 3.05) is 5.32 Å². The molecular weight excluding hydrogens is 222 g/mol. The Labute approximate surface area is 96.3 Å². The highest BCUT2D eigenvalue weighted by Crippen LogP contribution is 2.07. The first-order valence-corrected chi connectivity index (χ1v) is 4.81. The van der Waals surface area contributed by atoms with E-state index in [1.807, 2.05) is 0 Å². The average Bonchev–Trinajstić information content (AvgIpc) is 2.82. The summed E-state index contributed by atoms with van der Waals surface area (Å²) >= 11 is 0. The number of imidazole rings is 1. The van der Waals surface area contributed by atoms with Crippen LogP contribution >= 0.6 is 0 Å². The van der Waals surface area contributed by atoms with E-state index in [4.69, 9.17) is 5.11 Å². The van der Waals surface area contributed by atoms with Crippen molar-refractivity contribution in [3.8, 4) is 0 Å². The van der Waals surface area contributed by atoms with E-state index in [0.29, 0.717) is 5.95 Å². The number of carboxylic acids is 1. The van der Waals surface area contributed by atoms with E-state index < -0.39 is 11.9 Å². The molecule has 6 nitrogen and oxygen atoms in total. The van der Waals surface area contributed by atoms with E-state index in [1.54, 1.807) is 6.20 Å². The topological polar surface area (TPSA) is 95.1 Å². The average molecular weight is 231 g/mol. The van der Waals surface area contributed by atoms with E-state index in [2.05, 4.69) is 15.3 Å². The SMILES string of the molecule is O=C(O)c1cccc(C(=O)Nc2ncc[nH]2)c1. The molecule has 0 aliphatic rings. The first kappa shape index (κ1) is 10.9. The predicted molar refractivity (Wildman–Crippen MR) is 59.9 cm³/mol. The number of benzene rings is 1. The lowest BCUT2D eigenvalue weighted by Gasteiger charge is -2.02. The maximum absolute atomic E-state index is 11.7. The van der Waals surface area contributed by atoms with Gasteiger partial charge in [0, 0.05) is 18.0 Å². The van der Waals surface area contributed by atoms with Crippen molar-refractivity contribution < 1.29 is 14.7 Å². The highest BCUT2D eigenvalue weighted by molar-refractivity contribution is 6.04. The zero-order chi connectivity index (χ0) is 12.3. The molecule has 0 spiro atoms. The molecule has 6 heteroatoms. The fraction of sp³-hybridized carbons (Fsp3) is 0. The number of anilines is 1. The summed E-state index contributed by atoms with van der Waals surface area (Å²) in [4.78, 5) is 29.0. The molecule has 0 unspecified atom stereocenters. The van der Waals surface area contributed by atoms with Gasteiger partial charge in [0.1, 0.15) is 0 Å². The molecule has 3 N–H and O–H groups in total. The molecule has 1 aromatic carbocycles. The lowest BCUT2D eigenvalue weighted by atomic mass is 10.1. The minimum Gasteiger partial charge on any atom is -0.478 e. The number of nitrogens with one attached hydrogen (secondary N) is 2. The van der Waals surface area contributed by atoms with Crippen LogP contribution in [0.5, 0.6) is 0 Å². The number of carboxylic acid groups (broad SMARTS) is 1. The molecular formula is C11H9N3O3. The van der Waals surface area contributed by atoms with Crippen molar-refractivity contribution in [3.63, 3.8) is 0 Å². The molecule has 0 saturated carbocycles. The number of aromatic nitrogens is 2. The monoisotopic (exact) mass is 231 g/mol. The molecule has 2 rings (SSSR count). The number of amides is 1. The molecule has 0 radical (unpaired) electrons. The van der Waals surface area contributed by atoms with Crippen LogP contribution in [0.25, 0.3) is 0 Å². The quantitative estimate of drug-likeness (QED) is 0.743. The Morgan fingerprint density at radius 3 is 2.71 bits per heavy atom. The van der Waals surface area contributed by atoms with Crippen LogP contribution < -0.4 is 5.32 Å². The second-order valence-corrected chi connectivity index (χ2v) is 3.28. The Morgan fingerprint density at radius 2 is 2.06 bits per heavy atom. The molecule has 17 heavy (non-hydrogen) atoms. The largest absolute Gasteiger partial charge is 0.478 e. The van der Waals surface area contributed by atoms with Gasteiger partial charge in [-0.05, 0) is 18.2 Å². The van der Waals surface area contributed by atoms with Crippen LogP contribution in [0.1, 0.15) is 20.7 Å². The van der Waals surface area contributed by atoms with Gasteiger partial charge in [-0.15, -0.1) is 0 Å². The van der Waals surface area contributed by atoms with E-state index in [1.165, 1.54) is 30.5 Å². The van der Waals surface area contributed by atoms with Crippen molar-refractivity contribution in [1.82, 2.24) is 9.97 Å². The van der Waals surface area contributed by atoms with Crippen LogP contribution in [0.3, 0.4) is 0 Å². The summed E-state index contributed by atoms with van der Waals surface area (Å²) in [5, 5.41) is 11.3. The highest BCUT2D eigenvalue weighted by atomic mass is 16.4. The summed E-state index contributed by atoms with van der Waals surface area (Å²) in [5.41, 5.74) is 0.332. The zero-order valence-corrected chi connectivity index (χ0v) is 8.68. The Balaban J connectivity index is 2.19. The number of carbonyl (C=O) groups excluding carboxylic acids is 1. The number of carbonyl (C=O) groups is 2. The van der Waals surface area contributed by atoms with Crippen LogP contribution in [-0.4, -0.2) is 27.0 Å². The van der Waals surface area contributed by atoms with Gasteiger partial charge >= 0.3 is 5.97 Å². The third kappa shape index (κ3) is 2.49. The molecule has 0 bridgehead atoms. The standard InChI is InChI=1S/C11H9N3O3/c15-9(14-11-12-4-5-13-11)7-2-1-3-8(6-7)10(16)17/h1-6H,(H,16,17)(H2,12,13,14,15). The summed E-state index contributed by atoms with van der Waals surface area (Å²) in [7, 11) is 0. The Morgan fingerprint density at radius 1 is 1.29 bits per heavy atom. The molecule has 2 aromatic rings. The molecule has 0 aliphatic carbocycles. The zero-order valence-electron chi connectivity index (χ0n) is 8.68. The number of aromatic amines is 1. The van der Waals surface area contributed by atoms with Gasteiger partial charge in [0.2, 0.25) is 5.95 Å². The summed E-state index contributed by atoms with van der Waals surface area (Å²) in [6, 6.07) is 5.78. The van der Waals surface area contributed by atoms with Crippen LogP contribution in [0.15, 0.2) is 36.7 Å². The fourth-order valence-corrected chi connectivity index (χ4v) is 1.31. The molecule has 1 amide bonds. The smallest absolute Gasteiger partial charge is 0.335 e. The Bertz CT molecular complexity index is 549. The first-order chi connectivity index (χ1) is 8.16. The molecule has 0 atom stereocenters. The van der Waals surface area contributed by atoms with Gasteiger partial charge in [-0.3, -0.25) is 10.1 Å². The van der Waals surface area contributed by atoms with Gasteiger partial charge in [0.25, 0.3) is 5.91 Å². The maximum atomic E-state index is 11.7. The van der Waals surface area contributed by atoms with E-state index >= 15 is 0 Å². The number of hydrogen-bond acceptors (Lipinski definition) is 3. The maximum Gasteiger partial charge on any atom is 0.335 e. The summed E-state index contributed by atoms with van der Waals surface area (Å²) in [6.07, 6.45) is 3.08.